The third kappa shape index (κ3) is 3.36. The minimum absolute atomic E-state index is 0.255. The van der Waals surface area contributed by atoms with E-state index in [0.717, 1.165) is 17.2 Å². The van der Waals surface area contributed by atoms with Crippen molar-refractivity contribution in [2.75, 3.05) is 24.6 Å². The van der Waals surface area contributed by atoms with Crippen molar-refractivity contribution < 1.29 is 4.74 Å². The number of imidazole rings is 1. The highest BCUT2D eigenvalue weighted by Gasteiger charge is 2.24. The minimum atomic E-state index is -0.255. The van der Waals surface area contributed by atoms with Gasteiger partial charge < -0.3 is 20.8 Å². The summed E-state index contributed by atoms with van der Waals surface area (Å²) in [5, 5.41) is 8.08. The highest BCUT2D eigenvalue weighted by molar-refractivity contribution is 6.30. The number of nitrogens with zero attached hydrogens (tertiary/aromatic N) is 5. The molecule has 1 atom stereocenters. The molecule has 0 aromatic carbocycles. The molecule has 1 saturated heterocycles. The zero-order valence-electron chi connectivity index (χ0n) is 14.4. The molecule has 4 rings (SSSR count). The van der Waals surface area contributed by atoms with Crippen LogP contribution in [0.2, 0.25) is 5.02 Å². The van der Waals surface area contributed by atoms with Gasteiger partial charge in [-0.25, -0.2) is 15.0 Å². The van der Waals surface area contributed by atoms with Crippen molar-refractivity contribution in [3.05, 3.63) is 53.6 Å². The van der Waals surface area contributed by atoms with Gasteiger partial charge in [0.2, 0.25) is 0 Å². The van der Waals surface area contributed by atoms with E-state index in [0.29, 0.717) is 36.1 Å². The Balaban J connectivity index is 1.66. The molecule has 8 nitrogen and oxygen atoms in total. The number of ether oxygens (including phenoxy) is 1. The summed E-state index contributed by atoms with van der Waals surface area (Å²) >= 11 is 6.12. The summed E-state index contributed by atoms with van der Waals surface area (Å²) in [6, 6.07) is 5.50. The van der Waals surface area contributed by atoms with Gasteiger partial charge in [0.15, 0.2) is 5.82 Å². The fraction of sp³-hybridized carbons (Fsp3) is 0.222. The molecule has 1 fully saturated rings. The zero-order chi connectivity index (χ0) is 18.8. The lowest BCUT2D eigenvalue weighted by Gasteiger charge is -2.34. The molecule has 3 N–H and O–H groups in total. The van der Waals surface area contributed by atoms with E-state index in [1.54, 1.807) is 24.7 Å². The average Bonchev–Trinajstić information content (AvgIpc) is 3.12. The van der Waals surface area contributed by atoms with E-state index in [1.807, 2.05) is 16.5 Å². The van der Waals surface area contributed by atoms with Crippen molar-refractivity contribution in [2.45, 2.75) is 6.10 Å². The number of halogens is 1. The molecule has 3 aromatic heterocycles. The van der Waals surface area contributed by atoms with Crippen molar-refractivity contribution in [1.29, 1.82) is 5.41 Å². The van der Waals surface area contributed by atoms with Gasteiger partial charge >= 0.3 is 0 Å². The SMILES string of the molecule is N=C/C(=C\N)C1CN(c2ccnc(-c3cnc4ccc(Cl)cn34)n2)CCO1. The summed E-state index contributed by atoms with van der Waals surface area (Å²) in [6.45, 7) is 1.79. The van der Waals surface area contributed by atoms with Crippen LogP contribution in [0, 0.1) is 5.41 Å². The number of rotatable bonds is 4. The number of nitrogens with two attached hydrogens (primary N) is 1. The topological polar surface area (TPSA) is 105 Å². The summed E-state index contributed by atoms with van der Waals surface area (Å²) in [5.41, 5.74) is 7.78. The van der Waals surface area contributed by atoms with Crippen LogP contribution < -0.4 is 10.6 Å². The van der Waals surface area contributed by atoms with Crippen molar-refractivity contribution >= 4 is 29.3 Å². The van der Waals surface area contributed by atoms with Crippen LogP contribution >= 0.6 is 11.6 Å². The number of morpholine rings is 1. The highest BCUT2D eigenvalue weighted by atomic mass is 35.5. The van der Waals surface area contributed by atoms with Gasteiger partial charge in [-0.05, 0) is 18.2 Å². The molecule has 4 heterocycles. The second kappa shape index (κ2) is 7.34. The van der Waals surface area contributed by atoms with Gasteiger partial charge in [-0.2, -0.15) is 0 Å². The number of nitrogens with one attached hydrogen (secondary N) is 1. The van der Waals surface area contributed by atoms with Gasteiger partial charge in [-0.15, -0.1) is 0 Å². The fourth-order valence-corrected chi connectivity index (χ4v) is 3.24. The molecule has 9 heteroatoms. The lowest BCUT2D eigenvalue weighted by atomic mass is 10.1. The van der Waals surface area contributed by atoms with Crippen molar-refractivity contribution in [3.8, 4) is 11.5 Å². The van der Waals surface area contributed by atoms with E-state index in [2.05, 4.69) is 14.9 Å². The second-order valence-electron chi connectivity index (χ2n) is 6.07. The molecule has 1 unspecified atom stereocenters. The lowest BCUT2D eigenvalue weighted by molar-refractivity contribution is 0.0676. The van der Waals surface area contributed by atoms with Gasteiger partial charge in [0.25, 0.3) is 0 Å². The van der Waals surface area contributed by atoms with Gasteiger partial charge in [0.05, 0.1) is 17.8 Å². The van der Waals surface area contributed by atoms with E-state index in [-0.39, 0.29) is 6.10 Å². The molecule has 3 aromatic rings. The Bertz CT molecular complexity index is 1020. The van der Waals surface area contributed by atoms with E-state index in [9.17, 15) is 0 Å². The van der Waals surface area contributed by atoms with Crippen LogP contribution in [-0.4, -0.2) is 51.4 Å². The first kappa shape index (κ1) is 17.4. The molecule has 0 radical (unpaired) electrons. The van der Waals surface area contributed by atoms with Crippen LogP contribution in [0.25, 0.3) is 17.2 Å². The van der Waals surface area contributed by atoms with E-state index < -0.39 is 0 Å². The van der Waals surface area contributed by atoms with E-state index in [4.69, 9.17) is 32.5 Å². The first-order valence-electron chi connectivity index (χ1n) is 8.44. The third-order valence-electron chi connectivity index (χ3n) is 4.46. The first-order chi connectivity index (χ1) is 13.2. The highest BCUT2D eigenvalue weighted by Crippen LogP contribution is 2.23. The number of hydrogen-bond donors (Lipinski definition) is 2. The van der Waals surface area contributed by atoms with E-state index in [1.165, 1.54) is 12.4 Å². The molecule has 0 bridgehead atoms. The maximum atomic E-state index is 7.47. The number of hydrogen-bond acceptors (Lipinski definition) is 7. The smallest absolute Gasteiger partial charge is 0.180 e. The van der Waals surface area contributed by atoms with Gasteiger partial charge in [-0.3, -0.25) is 4.40 Å². The molecular formula is C18H18ClN7O. The maximum absolute atomic E-state index is 7.47. The maximum Gasteiger partial charge on any atom is 0.180 e. The lowest BCUT2D eigenvalue weighted by Crippen LogP contribution is -2.44. The standard InChI is InChI=1S/C18H18ClN7O/c19-13-1-2-16-23-9-14(26(16)10-13)18-22-4-3-17(24-18)25-5-6-27-15(11-25)12(7-20)8-21/h1-4,7-10,15,20H,5-6,11,21H2/b12-8+,20-7?. The predicted octanol–water partition coefficient (Wildman–Crippen LogP) is 2.14. The Morgan fingerprint density at radius 2 is 2.22 bits per heavy atom. The molecule has 1 aliphatic rings. The summed E-state index contributed by atoms with van der Waals surface area (Å²) in [6.07, 6.45) is 7.63. The summed E-state index contributed by atoms with van der Waals surface area (Å²) < 4.78 is 7.60. The monoisotopic (exact) mass is 383 g/mol. The molecule has 0 amide bonds. The number of aromatic nitrogens is 4. The normalized spacial score (nSPS) is 18.0. The molecule has 0 aliphatic carbocycles. The second-order valence-corrected chi connectivity index (χ2v) is 6.51. The number of fused-ring (bicyclic) bond motifs is 1. The summed E-state index contributed by atoms with van der Waals surface area (Å²) in [5.74, 6) is 1.35. The van der Waals surface area contributed by atoms with Gasteiger partial charge in [-0.1, -0.05) is 11.6 Å². The van der Waals surface area contributed by atoms with Crippen LogP contribution in [0.4, 0.5) is 5.82 Å². The zero-order valence-corrected chi connectivity index (χ0v) is 15.2. The van der Waals surface area contributed by atoms with Gasteiger partial charge in [0.1, 0.15) is 23.3 Å². The molecular weight excluding hydrogens is 366 g/mol. The quantitative estimate of drug-likeness (QED) is 0.669. The summed E-state index contributed by atoms with van der Waals surface area (Å²) in [7, 11) is 0. The van der Waals surface area contributed by atoms with Crippen LogP contribution in [-0.2, 0) is 4.74 Å². The van der Waals surface area contributed by atoms with Crippen molar-refractivity contribution in [2.24, 2.45) is 5.73 Å². The molecule has 1 aliphatic heterocycles. The van der Waals surface area contributed by atoms with Crippen molar-refractivity contribution in [3.63, 3.8) is 0 Å². The van der Waals surface area contributed by atoms with Crippen LogP contribution in [0.5, 0.6) is 0 Å². The Kier molecular flexibility index (Phi) is 4.74. The molecule has 0 saturated carbocycles. The van der Waals surface area contributed by atoms with E-state index >= 15 is 0 Å². The number of anilines is 1. The Morgan fingerprint density at radius 1 is 1.33 bits per heavy atom. The summed E-state index contributed by atoms with van der Waals surface area (Å²) in [4.78, 5) is 15.6. The van der Waals surface area contributed by atoms with Gasteiger partial charge in [0, 0.05) is 43.5 Å². The third-order valence-corrected chi connectivity index (χ3v) is 4.68. The molecule has 27 heavy (non-hydrogen) atoms. The Morgan fingerprint density at radius 3 is 3.04 bits per heavy atom. The Labute approximate surface area is 160 Å². The Hall–Kier alpha value is -2.97. The number of pyridine rings is 1. The minimum Gasteiger partial charge on any atom is -0.404 e. The van der Waals surface area contributed by atoms with Crippen LogP contribution in [0.15, 0.2) is 48.6 Å². The van der Waals surface area contributed by atoms with Crippen LogP contribution in [0.1, 0.15) is 0 Å². The first-order valence-corrected chi connectivity index (χ1v) is 8.82. The molecule has 138 valence electrons. The predicted molar refractivity (Wildman–Crippen MR) is 104 cm³/mol. The molecule has 0 spiro atoms. The van der Waals surface area contributed by atoms with Crippen LogP contribution in [0.3, 0.4) is 0 Å². The average molecular weight is 384 g/mol. The fourth-order valence-electron chi connectivity index (χ4n) is 3.08. The van der Waals surface area contributed by atoms with Crippen molar-refractivity contribution in [1.82, 2.24) is 19.4 Å². The largest absolute Gasteiger partial charge is 0.404 e.